The van der Waals surface area contributed by atoms with Crippen molar-refractivity contribution in [3.05, 3.63) is 30.1 Å². The van der Waals surface area contributed by atoms with Crippen LogP contribution in [-0.4, -0.2) is 11.2 Å². The Morgan fingerprint density at radius 1 is 1.29 bits per heavy atom. The molecule has 1 heterocycles. The van der Waals surface area contributed by atoms with Gasteiger partial charge in [-0.15, -0.1) is 24.8 Å². The number of hydrogen-bond donors (Lipinski definition) is 1. The largest absolute Gasteiger partial charge is 0.407 e. The SMILES string of the molecule is Cl.Cl.N[C@H](c1cccnc1)C(F)(F)F. The molecule has 1 rings (SSSR count). The lowest BCUT2D eigenvalue weighted by atomic mass is 10.1. The third kappa shape index (κ3) is 4.13. The van der Waals surface area contributed by atoms with Crippen LogP contribution < -0.4 is 5.73 Å². The first-order valence-corrected chi connectivity index (χ1v) is 3.24. The highest BCUT2D eigenvalue weighted by Gasteiger charge is 2.37. The van der Waals surface area contributed by atoms with Crippen LogP contribution in [0.15, 0.2) is 24.5 Å². The molecular weight excluding hydrogens is 240 g/mol. The summed E-state index contributed by atoms with van der Waals surface area (Å²) in [6.45, 7) is 0. The van der Waals surface area contributed by atoms with E-state index in [2.05, 4.69) is 4.98 Å². The first-order chi connectivity index (χ1) is 5.52. The minimum Gasteiger partial charge on any atom is -0.316 e. The second kappa shape index (κ2) is 6.06. The van der Waals surface area contributed by atoms with E-state index in [0.29, 0.717) is 0 Å². The van der Waals surface area contributed by atoms with Crippen molar-refractivity contribution in [1.82, 2.24) is 4.98 Å². The summed E-state index contributed by atoms with van der Waals surface area (Å²) in [6, 6.07) is 0.776. The van der Waals surface area contributed by atoms with Gasteiger partial charge in [0.05, 0.1) is 0 Å². The minimum absolute atomic E-state index is 0. The highest BCUT2D eigenvalue weighted by molar-refractivity contribution is 5.85. The van der Waals surface area contributed by atoms with Crippen LogP contribution in [0.4, 0.5) is 13.2 Å². The lowest BCUT2D eigenvalue weighted by molar-refractivity contribution is -0.149. The monoisotopic (exact) mass is 248 g/mol. The Hall–Kier alpha value is -0.520. The van der Waals surface area contributed by atoms with Gasteiger partial charge in [0.1, 0.15) is 6.04 Å². The van der Waals surface area contributed by atoms with Gasteiger partial charge in [0, 0.05) is 12.4 Å². The van der Waals surface area contributed by atoms with E-state index in [1.54, 1.807) is 0 Å². The fraction of sp³-hybridized carbons (Fsp3) is 0.286. The summed E-state index contributed by atoms with van der Waals surface area (Å²) in [5.41, 5.74) is 4.88. The molecule has 14 heavy (non-hydrogen) atoms. The molecule has 0 aliphatic heterocycles. The van der Waals surface area contributed by atoms with Gasteiger partial charge in [-0.3, -0.25) is 4.98 Å². The summed E-state index contributed by atoms with van der Waals surface area (Å²) in [5, 5.41) is 0. The van der Waals surface area contributed by atoms with Gasteiger partial charge in [-0.05, 0) is 11.6 Å². The third-order valence-electron chi connectivity index (χ3n) is 1.40. The van der Waals surface area contributed by atoms with Crippen molar-refractivity contribution in [2.45, 2.75) is 12.2 Å². The van der Waals surface area contributed by atoms with Gasteiger partial charge in [-0.1, -0.05) is 6.07 Å². The van der Waals surface area contributed by atoms with E-state index in [4.69, 9.17) is 5.73 Å². The molecule has 0 radical (unpaired) electrons. The average Bonchev–Trinajstić information content (AvgIpc) is 2.03. The number of rotatable bonds is 1. The Morgan fingerprint density at radius 3 is 2.21 bits per heavy atom. The maximum atomic E-state index is 12.0. The molecule has 1 aromatic rings. The maximum absolute atomic E-state index is 12.0. The maximum Gasteiger partial charge on any atom is 0.407 e. The van der Waals surface area contributed by atoms with E-state index in [-0.39, 0.29) is 30.4 Å². The molecule has 82 valence electrons. The second-order valence-corrected chi connectivity index (χ2v) is 2.31. The predicted octanol–water partition coefficient (Wildman–Crippen LogP) is 2.49. The van der Waals surface area contributed by atoms with Crippen LogP contribution in [0.2, 0.25) is 0 Å². The molecule has 2 nitrogen and oxygen atoms in total. The fourth-order valence-corrected chi connectivity index (χ4v) is 0.749. The average molecular weight is 249 g/mol. The van der Waals surface area contributed by atoms with Crippen LogP contribution in [0.3, 0.4) is 0 Å². The third-order valence-corrected chi connectivity index (χ3v) is 1.40. The van der Waals surface area contributed by atoms with E-state index in [1.165, 1.54) is 18.3 Å². The van der Waals surface area contributed by atoms with Crippen LogP contribution in [0.25, 0.3) is 0 Å². The Labute approximate surface area is 91.5 Å². The van der Waals surface area contributed by atoms with Gasteiger partial charge < -0.3 is 5.73 Å². The summed E-state index contributed by atoms with van der Waals surface area (Å²) in [6.07, 6.45) is -1.90. The van der Waals surface area contributed by atoms with Gasteiger partial charge in [0.2, 0.25) is 0 Å². The number of halogens is 5. The van der Waals surface area contributed by atoms with Crippen molar-refractivity contribution in [3.8, 4) is 0 Å². The molecule has 0 fully saturated rings. The summed E-state index contributed by atoms with van der Waals surface area (Å²) >= 11 is 0. The minimum atomic E-state index is -4.40. The van der Waals surface area contributed by atoms with Crippen LogP contribution in [-0.2, 0) is 0 Å². The molecule has 0 aliphatic rings. The molecule has 0 aromatic carbocycles. The molecular formula is C7H9Cl2F3N2. The highest BCUT2D eigenvalue weighted by atomic mass is 35.5. The van der Waals surface area contributed by atoms with Gasteiger partial charge >= 0.3 is 6.18 Å². The molecule has 0 spiro atoms. The van der Waals surface area contributed by atoms with Crippen LogP contribution in [0, 0.1) is 0 Å². The number of hydrogen-bond acceptors (Lipinski definition) is 2. The summed E-state index contributed by atoms with van der Waals surface area (Å²) in [5.74, 6) is 0. The van der Waals surface area contributed by atoms with Crippen molar-refractivity contribution in [2.24, 2.45) is 5.73 Å². The first-order valence-electron chi connectivity index (χ1n) is 3.24. The number of pyridine rings is 1. The molecule has 0 amide bonds. The number of nitrogens with two attached hydrogens (primary N) is 1. The van der Waals surface area contributed by atoms with Crippen molar-refractivity contribution in [3.63, 3.8) is 0 Å². The highest BCUT2D eigenvalue weighted by Crippen LogP contribution is 2.29. The Balaban J connectivity index is 0. The lowest BCUT2D eigenvalue weighted by Gasteiger charge is -2.14. The quantitative estimate of drug-likeness (QED) is 0.830. The normalized spacial score (nSPS) is 12.3. The smallest absolute Gasteiger partial charge is 0.316 e. The fourth-order valence-electron chi connectivity index (χ4n) is 0.749. The zero-order valence-electron chi connectivity index (χ0n) is 6.86. The van der Waals surface area contributed by atoms with E-state index < -0.39 is 12.2 Å². The molecule has 0 aliphatic carbocycles. The molecule has 7 heteroatoms. The zero-order chi connectivity index (χ0) is 9.19. The molecule has 2 N–H and O–H groups in total. The standard InChI is InChI=1S/C7H7F3N2.2ClH/c8-7(9,10)6(11)5-2-1-3-12-4-5;;/h1-4,6H,11H2;2*1H/t6-;;/m1../s1. The molecule has 0 bridgehead atoms. The van der Waals surface area contributed by atoms with E-state index in [1.807, 2.05) is 0 Å². The number of alkyl halides is 3. The Morgan fingerprint density at radius 2 is 1.86 bits per heavy atom. The van der Waals surface area contributed by atoms with Crippen molar-refractivity contribution >= 4 is 24.8 Å². The Kier molecular flexibility index (Phi) is 6.89. The van der Waals surface area contributed by atoms with Gasteiger partial charge in [0.15, 0.2) is 0 Å². The molecule has 1 aromatic heterocycles. The predicted molar refractivity (Wildman–Crippen MR) is 51.7 cm³/mol. The van der Waals surface area contributed by atoms with Crippen molar-refractivity contribution < 1.29 is 13.2 Å². The molecule has 0 saturated carbocycles. The van der Waals surface area contributed by atoms with Crippen LogP contribution in [0.1, 0.15) is 11.6 Å². The first kappa shape index (κ1) is 15.9. The van der Waals surface area contributed by atoms with E-state index >= 15 is 0 Å². The number of nitrogens with zero attached hydrogens (tertiary/aromatic N) is 1. The molecule has 0 unspecified atom stereocenters. The topological polar surface area (TPSA) is 38.9 Å². The van der Waals surface area contributed by atoms with Crippen molar-refractivity contribution in [1.29, 1.82) is 0 Å². The van der Waals surface area contributed by atoms with E-state index in [9.17, 15) is 13.2 Å². The van der Waals surface area contributed by atoms with Crippen molar-refractivity contribution in [2.75, 3.05) is 0 Å². The van der Waals surface area contributed by atoms with Gasteiger partial charge in [0.25, 0.3) is 0 Å². The van der Waals surface area contributed by atoms with Gasteiger partial charge in [-0.25, -0.2) is 0 Å². The van der Waals surface area contributed by atoms with Crippen LogP contribution in [0.5, 0.6) is 0 Å². The number of aromatic nitrogens is 1. The van der Waals surface area contributed by atoms with Gasteiger partial charge in [-0.2, -0.15) is 13.2 Å². The second-order valence-electron chi connectivity index (χ2n) is 2.31. The Bertz CT molecular complexity index is 253. The summed E-state index contributed by atoms with van der Waals surface area (Å²) < 4.78 is 35.9. The summed E-state index contributed by atoms with van der Waals surface area (Å²) in [4.78, 5) is 3.54. The molecule has 0 saturated heterocycles. The lowest BCUT2D eigenvalue weighted by Crippen LogP contribution is -2.28. The molecule has 1 atom stereocenters. The van der Waals surface area contributed by atoms with Crippen LogP contribution >= 0.6 is 24.8 Å². The zero-order valence-corrected chi connectivity index (χ0v) is 8.49. The summed E-state index contributed by atoms with van der Waals surface area (Å²) in [7, 11) is 0. The van der Waals surface area contributed by atoms with E-state index in [0.717, 1.165) is 6.20 Å².